The molecule has 0 unspecified atom stereocenters. The number of methoxy groups -OCH3 is 1. The molecule has 0 saturated heterocycles. The molecule has 4 aromatic heterocycles. The van der Waals surface area contributed by atoms with Gasteiger partial charge in [0.15, 0.2) is 10.8 Å². The van der Waals surface area contributed by atoms with Crippen molar-refractivity contribution in [3.63, 3.8) is 0 Å². The molecule has 4 heterocycles. The van der Waals surface area contributed by atoms with Crippen LogP contribution in [0.4, 0.5) is 5.13 Å². The number of amides is 1. The second kappa shape index (κ2) is 7.30. The van der Waals surface area contributed by atoms with Gasteiger partial charge in [0.05, 0.1) is 30.9 Å². The van der Waals surface area contributed by atoms with E-state index in [2.05, 4.69) is 30.6 Å². The van der Waals surface area contributed by atoms with Crippen molar-refractivity contribution < 1.29 is 9.53 Å². The molecule has 0 aliphatic carbocycles. The fraction of sp³-hybridized carbons (Fsp3) is 0.0588. The molecule has 9 nitrogen and oxygen atoms in total. The Morgan fingerprint density at radius 2 is 2.07 bits per heavy atom. The lowest BCUT2D eigenvalue weighted by Crippen LogP contribution is -2.17. The maximum Gasteiger partial charge on any atom is 0.277 e. The number of nitrogens with one attached hydrogen (secondary N) is 1. The van der Waals surface area contributed by atoms with Crippen molar-refractivity contribution in [3.8, 4) is 23.0 Å². The Morgan fingerprint density at radius 3 is 2.89 bits per heavy atom. The zero-order chi connectivity index (χ0) is 18.6. The lowest BCUT2D eigenvalue weighted by molar-refractivity contribution is 0.101. The monoisotopic (exact) mass is 379 g/mol. The van der Waals surface area contributed by atoms with Gasteiger partial charge < -0.3 is 4.74 Å². The first-order chi connectivity index (χ1) is 13.2. The van der Waals surface area contributed by atoms with Crippen LogP contribution in [0.25, 0.3) is 17.1 Å². The second-order valence-corrected chi connectivity index (χ2v) is 6.16. The van der Waals surface area contributed by atoms with Gasteiger partial charge in [0.25, 0.3) is 5.91 Å². The van der Waals surface area contributed by atoms with E-state index in [1.54, 1.807) is 37.7 Å². The van der Waals surface area contributed by atoms with Gasteiger partial charge in [0.1, 0.15) is 5.69 Å². The Hall–Kier alpha value is -3.66. The molecule has 134 valence electrons. The molecule has 4 aromatic rings. The van der Waals surface area contributed by atoms with E-state index in [-0.39, 0.29) is 11.6 Å². The topological polar surface area (TPSA) is 108 Å². The third kappa shape index (κ3) is 3.51. The first kappa shape index (κ1) is 16.8. The molecule has 0 aliphatic rings. The van der Waals surface area contributed by atoms with Crippen LogP contribution in [0.2, 0.25) is 0 Å². The average Bonchev–Trinajstić information content (AvgIpc) is 3.38. The molecule has 0 radical (unpaired) electrons. The third-order valence-corrected chi connectivity index (χ3v) is 4.35. The summed E-state index contributed by atoms with van der Waals surface area (Å²) in [5.41, 5.74) is 2.22. The van der Waals surface area contributed by atoms with E-state index in [9.17, 15) is 4.79 Å². The maximum atomic E-state index is 12.6. The minimum absolute atomic E-state index is 0.277. The Labute approximate surface area is 157 Å². The summed E-state index contributed by atoms with van der Waals surface area (Å²) in [6, 6.07) is 8.95. The van der Waals surface area contributed by atoms with Crippen molar-refractivity contribution in [1.29, 1.82) is 0 Å². The minimum atomic E-state index is -0.372. The smallest absolute Gasteiger partial charge is 0.277 e. The normalized spacial score (nSPS) is 10.6. The zero-order valence-electron chi connectivity index (χ0n) is 14.1. The van der Waals surface area contributed by atoms with Crippen LogP contribution in [-0.2, 0) is 0 Å². The van der Waals surface area contributed by atoms with Gasteiger partial charge in [-0.2, -0.15) is 0 Å². The highest BCUT2D eigenvalue weighted by Gasteiger charge is 2.17. The molecular formula is C17H13N7O2S. The molecule has 4 rings (SSSR count). The summed E-state index contributed by atoms with van der Waals surface area (Å²) in [6.45, 7) is 0. The Kier molecular flexibility index (Phi) is 4.54. The number of hydrogen-bond acceptors (Lipinski definition) is 8. The first-order valence-electron chi connectivity index (χ1n) is 7.84. The van der Waals surface area contributed by atoms with Gasteiger partial charge in [-0.05, 0) is 18.2 Å². The van der Waals surface area contributed by atoms with E-state index in [0.29, 0.717) is 28.1 Å². The Balaban J connectivity index is 1.55. The van der Waals surface area contributed by atoms with Crippen LogP contribution in [0.3, 0.4) is 0 Å². The van der Waals surface area contributed by atoms with E-state index < -0.39 is 0 Å². The number of aromatic nitrogens is 6. The van der Waals surface area contributed by atoms with E-state index in [1.165, 1.54) is 22.2 Å². The van der Waals surface area contributed by atoms with Gasteiger partial charge in [0, 0.05) is 17.6 Å². The quantitative estimate of drug-likeness (QED) is 0.567. The maximum absolute atomic E-state index is 12.6. The van der Waals surface area contributed by atoms with Crippen LogP contribution in [0.15, 0.2) is 54.3 Å². The highest BCUT2D eigenvalue weighted by Crippen LogP contribution is 2.25. The highest BCUT2D eigenvalue weighted by molar-refractivity contribution is 7.14. The van der Waals surface area contributed by atoms with Gasteiger partial charge in [-0.3, -0.25) is 15.1 Å². The minimum Gasteiger partial charge on any atom is -0.481 e. The number of pyridine rings is 2. The molecule has 0 bridgehead atoms. The SMILES string of the molecule is COc1cccc(-c2csc(NC(=O)c3cnnn3-c3cccnc3)n2)n1. The molecule has 1 N–H and O–H groups in total. The third-order valence-electron chi connectivity index (χ3n) is 3.59. The predicted octanol–water partition coefficient (Wildman–Crippen LogP) is 2.44. The molecule has 0 spiro atoms. The van der Waals surface area contributed by atoms with Crippen LogP contribution >= 0.6 is 11.3 Å². The molecule has 10 heteroatoms. The van der Waals surface area contributed by atoms with Crippen LogP contribution in [0.1, 0.15) is 10.5 Å². The molecule has 0 fully saturated rings. The molecule has 0 saturated carbocycles. The number of thiazole rings is 1. The lowest BCUT2D eigenvalue weighted by Gasteiger charge is -2.05. The number of nitrogens with zero attached hydrogens (tertiary/aromatic N) is 6. The molecule has 27 heavy (non-hydrogen) atoms. The fourth-order valence-electron chi connectivity index (χ4n) is 2.34. The van der Waals surface area contributed by atoms with Crippen molar-refractivity contribution in [1.82, 2.24) is 29.9 Å². The van der Waals surface area contributed by atoms with Gasteiger partial charge in [-0.15, -0.1) is 16.4 Å². The average molecular weight is 379 g/mol. The molecular weight excluding hydrogens is 366 g/mol. The number of carbonyl (C=O) groups excluding carboxylic acids is 1. The van der Waals surface area contributed by atoms with Gasteiger partial charge >= 0.3 is 0 Å². The Bertz CT molecular complexity index is 1080. The van der Waals surface area contributed by atoms with Crippen LogP contribution in [-0.4, -0.2) is 43.0 Å². The summed E-state index contributed by atoms with van der Waals surface area (Å²) in [5.74, 6) is 0.126. The lowest BCUT2D eigenvalue weighted by atomic mass is 10.3. The van der Waals surface area contributed by atoms with E-state index >= 15 is 0 Å². The van der Waals surface area contributed by atoms with Gasteiger partial charge in [-0.1, -0.05) is 11.3 Å². The number of hydrogen-bond donors (Lipinski definition) is 1. The molecule has 0 aromatic carbocycles. The van der Waals surface area contributed by atoms with Crippen LogP contribution < -0.4 is 10.1 Å². The summed E-state index contributed by atoms with van der Waals surface area (Å²) < 4.78 is 6.54. The summed E-state index contributed by atoms with van der Waals surface area (Å²) in [7, 11) is 1.55. The van der Waals surface area contributed by atoms with E-state index in [1.807, 2.05) is 17.5 Å². The van der Waals surface area contributed by atoms with Crippen molar-refractivity contribution in [2.75, 3.05) is 12.4 Å². The van der Waals surface area contributed by atoms with Crippen molar-refractivity contribution in [2.24, 2.45) is 0 Å². The van der Waals surface area contributed by atoms with Gasteiger partial charge in [0.2, 0.25) is 5.88 Å². The summed E-state index contributed by atoms with van der Waals surface area (Å²) in [4.78, 5) is 25.4. The van der Waals surface area contributed by atoms with Gasteiger partial charge in [-0.25, -0.2) is 14.6 Å². The largest absolute Gasteiger partial charge is 0.481 e. The fourth-order valence-corrected chi connectivity index (χ4v) is 3.04. The number of ether oxygens (including phenoxy) is 1. The standard InChI is InChI=1S/C17H13N7O2S/c1-26-15-6-2-5-12(20-15)13-10-27-17(21-13)22-16(25)14-9-19-23-24(14)11-4-3-7-18-8-11/h2-10H,1H3,(H,21,22,25). The first-order valence-corrected chi connectivity index (χ1v) is 8.72. The van der Waals surface area contributed by atoms with Crippen molar-refractivity contribution in [2.45, 2.75) is 0 Å². The summed E-state index contributed by atoms with van der Waals surface area (Å²) in [6.07, 6.45) is 4.63. The van der Waals surface area contributed by atoms with Crippen LogP contribution in [0.5, 0.6) is 5.88 Å². The number of carbonyl (C=O) groups is 1. The predicted molar refractivity (Wildman–Crippen MR) is 99.0 cm³/mol. The van der Waals surface area contributed by atoms with E-state index in [4.69, 9.17) is 4.74 Å². The molecule has 0 atom stereocenters. The number of rotatable bonds is 5. The number of anilines is 1. The molecule has 1 amide bonds. The summed E-state index contributed by atoms with van der Waals surface area (Å²) in [5, 5.41) is 12.8. The molecule has 0 aliphatic heterocycles. The van der Waals surface area contributed by atoms with Crippen molar-refractivity contribution >= 4 is 22.4 Å². The van der Waals surface area contributed by atoms with E-state index in [0.717, 1.165) is 0 Å². The summed E-state index contributed by atoms with van der Waals surface area (Å²) >= 11 is 1.30. The highest BCUT2D eigenvalue weighted by atomic mass is 32.1. The zero-order valence-corrected chi connectivity index (χ0v) is 14.9. The van der Waals surface area contributed by atoms with Crippen molar-refractivity contribution in [3.05, 3.63) is 60.0 Å². The Morgan fingerprint density at radius 1 is 1.15 bits per heavy atom. The van der Waals surface area contributed by atoms with Crippen LogP contribution in [0, 0.1) is 0 Å². The second-order valence-electron chi connectivity index (χ2n) is 5.30.